The first-order chi connectivity index (χ1) is 11.3. The van der Waals surface area contributed by atoms with Crippen molar-refractivity contribution in [2.75, 3.05) is 19.5 Å². The van der Waals surface area contributed by atoms with Gasteiger partial charge in [0.05, 0.1) is 19.8 Å². The number of methoxy groups -OCH3 is 1. The molecule has 124 valence electrons. The molecule has 2 N–H and O–H groups in total. The van der Waals surface area contributed by atoms with Crippen molar-refractivity contribution in [3.8, 4) is 11.4 Å². The maximum Gasteiger partial charge on any atom is 0.195 e. The fraction of sp³-hybridized carbons (Fsp3) is 0.500. The number of hydrogen-bond acceptors (Lipinski definition) is 6. The van der Waals surface area contributed by atoms with E-state index < -0.39 is 0 Å². The van der Waals surface area contributed by atoms with Crippen molar-refractivity contribution >= 4 is 11.8 Å². The number of nitrogens with zero attached hydrogens (tertiary/aromatic N) is 3. The van der Waals surface area contributed by atoms with E-state index >= 15 is 0 Å². The fourth-order valence-corrected chi connectivity index (χ4v) is 3.66. The highest BCUT2D eigenvalue weighted by molar-refractivity contribution is 7.99. The molecule has 7 heteroatoms. The van der Waals surface area contributed by atoms with Crippen LogP contribution in [0.2, 0.25) is 0 Å². The average molecular weight is 334 g/mol. The average Bonchev–Trinajstić information content (AvgIpc) is 3.04. The van der Waals surface area contributed by atoms with E-state index in [2.05, 4.69) is 10.2 Å². The lowest BCUT2D eigenvalue weighted by atomic mass is 10.1. The summed E-state index contributed by atoms with van der Waals surface area (Å²) in [6.07, 6.45) is 3.83. The highest BCUT2D eigenvalue weighted by Gasteiger charge is 2.18. The highest BCUT2D eigenvalue weighted by atomic mass is 32.2. The van der Waals surface area contributed by atoms with Gasteiger partial charge in [0.2, 0.25) is 0 Å². The number of ether oxygens (including phenoxy) is 2. The monoisotopic (exact) mass is 334 g/mol. The van der Waals surface area contributed by atoms with Crippen LogP contribution < -0.4 is 10.5 Å². The summed E-state index contributed by atoms with van der Waals surface area (Å²) in [6.45, 7) is 1.21. The van der Waals surface area contributed by atoms with Crippen molar-refractivity contribution in [2.24, 2.45) is 5.73 Å². The van der Waals surface area contributed by atoms with Gasteiger partial charge in [0.25, 0.3) is 0 Å². The molecule has 0 aliphatic carbocycles. The lowest BCUT2D eigenvalue weighted by Gasteiger charge is -2.22. The Morgan fingerprint density at radius 3 is 2.78 bits per heavy atom. The molecule has 0 saturated carbocycles. The van der Waals surface area contributed by atoms with Crippen LogP contribution in [0.5, 0.6) is 5.75 Å². The Balaban J connectivity index is 1.78. The van der Waals surface area contributed by atoms with E-state index in [-0.39, 0.29) is 0 Å². The first-order valence-electron chi connectivity index (χ1n) is 7.85. The molecular weight excluding hydrogens is 312 g/mol. The second-order valence-corrected chi connectivity index (χ2v) is 6.42. The number of thioether (sulfide) groups is 1. The zero-order valence-electron chi connectivity index (χ0n) is 13.3. The van der Waals surface area contributed by atoms with Gasteiger partial charge in [-0.1, -0.05) is 11.8 Å². The molecule has 0 spiro atoms. The quantitative estimate of drug-likeness (QED) is 0.818. The van der Waals surface area contributed by atoms with Gasteiger partial charge < -0.3 is 15.2 Å². The maximum absolute atomic E-state index is 5.81. The summed E-state index contributed by atoms with van der Waals surface area (Å²) in [5.74, 6) is 2.46. The second-order valence-electron chi connectivity index (χ2n) is 5.44. The number of aromatic nitrogens is 3. The molecule has 1 saturated heterocycles. The molecule has 1 atom stereocenters. The Labute approximate surface area is 140 Å². The minimum Gasteiger partial charge on any atom is -0.497 e. The summed E-state index contributed by atoms with van der Waals surface area (Å²) in [7, 11) is 1.66. The third kappa shape index (κ3) is 3.85. The zero-order chi connectivity index (χ0) is 16.1. The van der Waals surface area contributed by atoms with E-state index in [0.717, 1.165) is 41.2 Å². The molecule has 1 aliphatic heterocycles. The molecule has 0 radical (unpaired) electrons. The number of nitrogens with two attached hydrogens (primary N) is 1. The minimum absolute atomic E-state index is 0.302. The van der Waals surface area contributed by atoms with Gasteiger partial charge in [0, 0.05) is 18.0 Å². The Bertz CT molecular complexity index is 624. The van der Waals surface area contributed by atoms with E-state index in [4.69, 9.17) is 15.2 Å². The normalized spacial score (nSPS) is 18.1. The van der Waals surface area contributed by atoms with Crippen molar-refractivity contribution in [3.63, 3.8) is 0 Å². The van der Waals surface area contributed by atoms with Crippen molar-refractivity contribution in [1.82, 2.24) is 14.8 Å². The number of rotatable bonds is 6. The van der Waals surface area contributed by atoms with Gasteiger partial charge in [0.15, 0.2) is 11.0 Å². The summed E-state index contributed by atoms with van der Waals surface area (Å²) in [4.78, 5) is 0. The third-order valence-electron chi connectivity index (χ3n) is 3.89. The largest absolute Gasteiger partial charge is 0.497 e. The van der Waals surface area contributed by atoms with Gasteiger partial charge in [-0.3, -0.25) is 4.57 Å². The molecule has 1 aromatic carbocycles. The molecule has 0 unspecified atom stereocenters. The Hall–Kier alpha value is -1.57. The summed E-state index contributed by atoms with van der Waals surface area (Å²) in [6, 6.07) is 7.83. The van der Waals surface area contributed by atoms with Crippen LogP contribution in [-0.4, -0.2) is 40.3 Å². The van der Waals surface area contributed by atoms with Crippen molar-refractivity contribution in [1.29, 1.82) is 0 Å². The standard InChI is InChI=1S/C16H22N4O2S/c1-21-13-7-5-12(6-8-13)20-15(10-17)18-19-16(20)23-11-14-4-2-3-9-22-14/h5-8,14H,2-4,9-11,17H2,1H3/t14-/m0/s1. The van der Waals surface area contributed by atoms with Crippen LogP contribution in [0.1, 0.15) is 25.1 Å². The minimum atomic E-state index is 0.302. The van der Waals surface area contributed by atoms with Crippen LogP contribution in [0.25, 0.3) is 5.69 Å². The molecule has 1 aromatic heterocycles. The van der Waals surface area contributed by atoms with Gasteiger partial charge in [-0.15, -0.1) is 10.2 Å². The summed E-state index contributed by atoms with van der Waals surface area (Å²) in [5, 5.41) is 9.36. The van der Waals surface area contributed by atoms with Gasteiger partial charge in [0.1, 0.15) is 5.75 Å². The van der Waals surface area contributed by atoms with E-state index in [0.29, 0.717) is 12.6 Å². The van der Waals surface area contributed by atoms with E-state index in [9.17, 15) is 0 Å². The van der Waals surface area contributed by atoms with Crippen LogP contribution in [-0.2, 0) is 11.3 Å². The highest BCUT2D eigenvalue weighted by Crippen LogP contribution is 2.26. The number of hydrogen-bond donors (Lipinski definition) is 1. The van der Waals surface area contributed by atoms with Gasteiger partial charge in [-0.25, -0.2) is 0 Å². The van der Waals surface area contributed by atoms with Crippen LogP contribution in [0, 0.1) is 0 Å². The smallest absolute Gasteiger partial charge is 0.195 e. The molecule has 23 heavy (non-hydrogen) atoms. The molecule has 6 nitrogen and oxygen atoms in total. The predicted octanol–water partition coefficient (Wildman–Crippen LogP) is 2.40. The maximum atomic E-state index is 5.81. The molecule has 0 amide bonds. The lowest BCUT2D eigenvalue weighted by Crippen LogP contribution is -2.21. The molecule has 1 fully saturated rings. The first-order valence-corrected chi connectivity index (χ1v) is 8.83. The SMILES string of the molecule is COc1ccc(-n2c(CN)nnc2SC[C@@H]2CCCCO2)cc1. The molecule has 2 aromatic rings. The van der Waals surface area contributed by atoms with E-state index in [1.54, 1.807) is 18.9 Å². The van der Waals surface area contributed by atoms with E-state index in [1.807, 2.05) is 28.8 Å². The molecule has 3 rings (SSSR count). The Morgan fingerprint density at radius 1 is 1.30 bits per heavy atom. The molecule has 2 heterocycles. The number of benzene rings is 1. The summed E-state index contributed by atoms with van der Waals surface area (Å²) < 4.78 is 13.0. The Kier molecular flexibility index (Phi) is 5.53. The zero-order valence-corrected chi connectivity index (χ0v) is 14.1. The fourth-order valence-electron chi connectivity index (χ4n) is 2.62. The summed E-state index contributed by atoms with van der Waals surface area (Å²) in [5.41, 5.74) is 6.80. The van der Waals surface area contributed by atoms with Crippen LogP contribution >= 0.6 is 11.8 Å². The van der Waals surface area contributed by atoms with Gasteiger partial charge >= 0.3 is 0 Å². The van der Waals surface area contributed by atoms with Crippen molar-refractivity contribution in [3.05, 3.63) is 30.1 Å². The van der Waals surface area contributed by atoms with Crippen molar-refractivity contribution in [2.45, 2.75) is 37.1 Å². The van der Waals surface area contributed by atoms with Crippen LogP contribution in [0.3, 0.4) is 0 Å². The first kappa shape index (κ1) is 16.3. The van der Waals surface area contributed by atoms with Crippen LogP contribution in [0.4, 0.5) is 0 Å². The van der Waals surface area contributed by atoms with Crippen molar-refractivity contribution < 1.29 is 9.47 Å². The topological polar surface area (TPSA) is 75.2 Å². The lowest BCUT2D eigenvalue weighted by molar-refractivity contribution is 0.0315. The van der Waals surface area contributed by atoms with E-state index in [1.165, 1.54) is 12.8 Å². The predicted molar refractivity (Wildman–Crippen MR) is 90.1 cm³/mol. The molecular formula is C16H22N4O2S. The summed E-state index contributed by atoms with van der Waals surface area (Å²) >= 11 is 1.67. The van der Waals surface area contributed by atoms with Gasteiger partial charge in [-0.05, 0) is 43.5 Å². The van der Waals surface area contributed by atoms with Gasteiger partial charge in [-0.2, -0.15) is 0 Å². The Morgan fingerprint density at radius 2 is 2.13 bits per heavy atom. The second kappa shape index (κ2) is 7.81. The third-order valence-corrected chi connectivity index (χ3v) is 4.95. The van der Waals surface area contributed by atoms with Crippen LogP contribution in [0.15, 0.2) is 29.4 Å². The molecule has 0 bridgehead atoms. The molecule has 1 aliphatic rings.